The van der Waals surface area contributed by atoms with Gasteiger partial charge in [0.25, 0.3) is 0 Å². The number of hydrogen-bond acceptors (Lipinski definition) is 8. The molecule has 37 heavy (non-hydrogen) atoms. The van der Waals surface area contributed by atoms with E-state index in [0.717, 1.165) is 10.4 Å². The molecule has 0 saturated carbocycles. The number of sulfonamides is 1. The number of thiazole rings is 1. The summed E-state index contributed by atoms with van der Waals surface area (Å²) < 4.78 is 33.7. The van der Waals surface area contributed by atoms with Crippen molar-refractivity contribution in [1.82, 2.24) is 14.2 Å². The summed E-state index contributed by atoms with van der Waals surface area (Å²) in [6.07, 6.45) is 0.125. The predicted molar refractivity (Wildman–Crippen MR) is 144 cm³/mol. The third-order valence-electron chi connectivity index (χ3n) is 5.82. The molecule has 2 aromatic carbocycles. The van der Waals surface area contributed by atoms with Gasteiger partial charge in [0.05, 0.1) is 27.4 Å². The van der Waals surface area contributed by atoms with E-state index in [1.807, 2.05) is 44.2 Å². The number of aliphatic hydroxyl groups excluding tert-OH is 1. The molecular weight excluding hydrogens is 512 g/mol. The lowest BCUT2D eigenvalue weighted by atomic mass is 10.00. The fourth-order valence-corrected chi connectivity index (χ4v) is 5.99. The van der Waals surface area contributed by atoms with E-state index >= 15 is 0 Å². The van der Waals surface area contributed by atoms with Gasteiger partial charge in [-0.1, -0.05) is 44.2 Å². The van der Waals surface area contributed by atoms with E-state index in [1.165, 1.54) is 44.8 Å². The Hall–Kier alpha value is -2.99. The van der Waals surface area contributed by atoms with Crippen molar-refractivity contribution in [3.8, 4) is 0 Å². The van der Waals surface area contributed by atoms with Gasteiger partial charge in [0, 0.05) is 32.0 Å². The van der Waals surface area contributed by atoms with Crippen molar-refractivity contribution in [2.24, 2.45) is 5.92 Å². The Morgan fingerprint density at radius 1 is 1.11 bits per heavy atom. The highest BCUT2D eigenvalue weighted by Crippen LogP contribution is 2.22. The second-order valence-electron chi connectivity index (χ2n) is 9.24. The maximum Gasteiger partial charge on any atom is 0.410 e. The van der Waals surface area contributed by atoms with Crippen molar-refractivity contribution in [2.45, 2.75) is 43.9 Å². The number of nitrogens with two attached hydrogens (primary N) is 1. The lowest BCUT2D eigenvalue weighted by molar-refractivity contribution is 0.0335. The zero-order valence-corrected chi connectivity index (χ0v) is 22.9. The van der Waals surface area contributed by atoms with E-state index in [2.05, 4.69) is 4.98 Å². The molecule has 0 bridgehead atoms. The number of carbonyl (C=O) groups excluding carboxylic acids is 1. The van der Waals surface area contributed by atoms with Gasteiger partial charge in [-0.2, -0.15) is 4.31 Å². The first-order valence-electron chi connectivity index (χ1n) is 11.9. The minimum atomic E-state index is -3.92. The largest absolute Gasteiger partial charge is 0.444 e. The van der Waals surface area contributed by atoms with Crippen LogP contribution in [0.5, 0.6) is 0 Å². The predicted octanol–water partition coefficient (Wildman–Crippen LogP) is 3.61. The number of likely N-dealkylation sites (N-methyl/N-ethyl adjacent to an activating group) is 1. The third-order valence-corrected chi connectivity index (χ3v) is 8.41. The third kappa shape index (κ3) is 8.00. The van der Waals surface area contributed by atoms with E-state index in [4.69, 9.17) is 10.5 Å². The van der Waals surface area contributed by atoms with Crippen LogP contribution >= 0.6 is 11.3 Å². The van der Waals surface area contributed by atoms with Gasteiger partial charge >= 0.3 is 6.09 Å². The number of aromatic nitrogens is 1. The summed E-state index contributed by atoms with van der Waals surface area (Å²) in [5, 5.41) is 11.4. The number of hydrogen-bond donors (Lipinski definition) is 2. The highest BCUT2D eigenvalue weighted by atomic mass is 32.2. The minimum Gasteiger partial charge on any atom is -0.444 e. The van der Waals surface area contributed by atoms with Gasteiger partial charge in [-0.15, -0.1) is 11.3 Å². The van der Waals surface area contributed by atoms with E-state index in [0.29, 0.717) is 12.1 Å². The summed E-state index contributed by atoms with van der Waals surface area (Å²) in [6, 6.07) is 14.6. The Morgan fingerprint density at radius 3 is 2.38 bits per heavy atom. The molecule has 3 aromatic rings. The van der Waals surface area contributed by atoms with Gasteiger partial charge in [0.2, 0.25) is 10.0 Å². The Labute approximate surface area is 222 Å². The normalized spacial score (nSPS) is 13.5. The van der Waals surface area contributed by atoms with Crippen LogP contribution in [0.15, 0.2) is 71.2 Å². The summed E-state index contributed by atoms with van der Waals surface area (Å²) in [6.45, 7) is 3.87. The van der Waals surface area contributed by atoms with Crippen molar-refractivity contribution in [3.05, 3.63) is 76.7 Å². The number of benzene rings is 2. The quantitative estimate of drug-likeness (QED) is 0.332. The summed E-state index contributed by atoms with van der Waals surface area (Å²) in [5.41, 5.74) is 8.74. The lowest BCUT2D eigenvalue weighted by Crippen LogP contribution is -2.51. The summed E-state index contributed by atoms with van der Waals surface area (Å²) in [4.78, 5) is 19.1. The zero-order valence-electron chi connectivity index (χ0n) is 21.2. The molecule has 1 aromatic heterocycles. The Morgan fingerprint density at radius 2 is 1.78 bits per heavy atom. The molecule has 3 N–H and O–H groups in total. The van der Waals surface area contributed by atoms with Crippen molar-refractivity contribution in [2.75, 3.05) is 25.9 Å². The average Bonchev–Trinajstić information content (AvgIpc) is 3.39. The molecule has 0 aliphatic heterocycles. The number of carbonyl (C=O) groups is 1. The van der Waals surface area contributed by atoms with Crippen LogP contribution in [0.25, 0.3) is 0 Å². The fraction of sp³-hybridized carbons (Fsp3) is 0.385. The maximum atomic E-state index is 13.5. The average molecular weight is 547 g/mol. The topological polar surface area (TPSA) is 126 Å². The standard InChI is InChI=1S/C26H34N4O5S2/c1-19(2)15-30(37(33,34)23-11-9-21(27)10-12-23)16-25(31)24(13-20-7-5-4-6-8-20)29(3)26(32)35-17-22-14-28-18-36-22/h4-12,14,18-19,24-25,31H,13,15-17,27H2,1-3H3/t24-,25+/m0/s1. The second-order valence-corrected chi connectivity index (χ2v) is 12.2. The number of anilines is 1. The molecule has 0 saturated heterocycles. The van der Waals surface area contributed by atoms with Crippen molar-refractivity contribution in [3.63, 3.8) is 0 Å². The maximum absolute atomic E-state index is 13.5. The molecule has 1 amide bonds. The van der Waals surface area contributed by atoms with Gasteiger partial charge in [-0.25, -0.2) is 13.2 Å². The molecule has 3 rings (SSSR count). The van der Waals surface area contributed by atoms with E-state index in [-0.39, 0.29) is 30.5 Å². The highest BCUT2D eigenvalue weighted by Gasteiger charge is 2.34. The van der Waals surface area contributed by atoms with Crippen molar-refractivity contribution in [1.29, 1.82) is 0 Å². The number of amides is 1. The molecule has 1 heterocycles. The molecule has 0 fully saturated rings. The van der Waals surface area contributed by atoms with Crippen LogP contribution in [-0.2, 0) is 27.8 Å². The molecule has 0 aliphatic carbocycles. The molecule has 0 aliphatic rings. The number of nitrogen functional groups attached to an aromatic ring is 1. The molecule has 0 unspecified atom stereocenters. The number of ether oxygens (including phenoxy) is 1. The van der Waals surface area contributed by atoms with Gasteiger partial charge in [0.1, 0.15) is 6.61 Å². The molecule has 0 spiro atoms. The van der Waals surface area contributed by atoms with Gasteiger partial charge in [0.15, 0.2) is 0 Å². The number of aliphatic hydroxyl groups is 1. The highest BCUT2D eigenvalue weighted by molar-refractivity contribution is 7.89. The monoisotopic (exact) mass is 546 g/mol. The van der Waals surface area contributed by atoms with E-state index in [1.54, 1.807) is 18.8 Å². The van der Waals surface area contributed by atoms with Crippen LogP contribution in [0.3, 0.4) is 0 Å². The minimum absolute atomic E-state index is 0.00503. The van der Waals surface area contributed by atoms with Crippen molar-refractivity contribution < 1.29 is 23.1 Å². The van der Waals surface area contributed by atoms with Crippen molar-refractivity contribution >= 4 is 33.1 Å². The zero-order chi connectivity index (χ0) is 27.0. The Kier molecular flexibility index (Phi) is 10.0. The fourth-order valence-electron chi connectivity index (χ4n) is 3.87. The Bertz CT molecular complexity index is 1220. The molecule has 11 heteroatoms. The van der Waals surface area contributed by atoms with Crippen LogP contribution in [0.2, 0.25) is 0 Å². The van der Waals surface area contributed by atoms with Crippen LogP contribution in [-0.4, -0.2) is 66.1 Å². The first-order valence-corrected chi connectivity index (χ1v) is 14.2. The summed E-state index contributed by atoms with van der Waals surface area (Å²) in [7, 11) is -2.37. The van der Waals surface area contributed by atoms with Gasteiger partial charge < -0.3 is 20.5 Å². The van der Waals surface area contributed by atoms with E-state index < -0.39 is 28.3 Å². The second kappa shape index (κ2) is 13.0. The summed E-state index contributed by atoms with van der Waals surface area (Å²) >= 11 is 1.37. The first-order chi connectivity index (χ1) is 17.6. The molecule has 200 valence electrons. The number of rotatable bonds is 12. The molecule has 0 radical (unpaired) electrons. The van der Waals surface area contributed by atoms with Crippen LogP contribution in [0.4, 0.5) is 10.5 Å². The molecular formula is C26H34N4O5S2. The van der Waals surface area contributed by atoms with Crippen LogP contribution in [0, 0.1) is 5.92 Å². The lowest BCUT2D eigenvalue weighted by Gasteiger charge is -2.34. The van der Waals surface area contributed by atoms with Gasteiger partial charge in [-0.05, 0) is 42.2 Å². The SMILES string of the molecule is CC(C)CN(C[C@@H](O)[C@H](Cc1ccccc1)N(C)C(=O)OCc1cncs1)S(=O)(=O)c1ccc(N)cc1. The van der Waals surface area contributed by atoms with E-state index in [9.17, 15) is 18.3 Å². The summed E-state index contributed by atoms with van der Waals surface area (Å²) in [5.74, 6) is 0.00503. The first kappa shape index (κ1) is 28.6. The Balaban J connectivity index is 1.84. The van der Waals surface area contributed by atoms with Crippen LogP contribution < -0.4 is 5.73 Å². The molecule has 9 nitrogen and oxygen atoms in total. The smallest absolute Gasteiger partial charge is 0.410 e. The van der Waals surface area contributed by atoms with Gasteiger partial charge in [-0.3, -0.25) is 4.98 Å². The number of nitrogens with zero attached hydrogens (tertiary/aromatic N) is 3. The van der Waals surface area contributed by atoms with Crippen LogP contribution in [0.1, 0.15) is 24.3 Å². The molecule has 2 atom stereocenters.